The van der Waals surface area contributed by atoms with Gasteiger partial charge in [-0.25, -0.2) is 0 Å². The van der Waals surface area contributed by atoms with E-state index < -0.39 is 0 Å². The molecule has 0 heterocycles. The van der Waals surface area contributed by atoms with Crippen molar-refractivity contribution in [3.8, 4) is 0 Å². The molecule has 1 aromatic carbocycles. The summed E-state index contributed by atoms with van der Waals surface area (Å²) in [6.07, 6.45) is 1.43. The number of nitrogens with one attached hydrogen (secondary N) is 1. The number of nitrogens with two attached hydrogens (primary N) is 1. The number of rotatable bonds is 7. The Morgan fingerprint density at radius 2 is 1.95 bits per heavy atom. The van der Waals surface area contributed by atoms with E-state index in [1.807, 2.05) is 0 Å². The summed E-state index contributed by atoms with van der Waals surface area (Å²) < 4.78 is 0. The SMILES string of the molecule is CNC(=O)CCCN(c1ccc(CN)cc1)C(C)C. The van der Waals surface area contributed by atoms with Crippen LogP contribution >= 0.6 is 0 Å². The summed E-state index contributed by atoms with van der Waals surface area (Å²) in [5.41, 5.74) is 7.93. The summed E-state index contributed by atoms with van der Waals surface area (Å²) in [5, 5.41) is 2.65. The maximum Gasteiger partial charge on any atom is 0.219 e. The maximum absolute atomic E-state index is 11.2. The molecule has 1 amide bonds. The van der Waals surface area contributed by atoms with Crippen LogP contribution in [0, 0.1) is 0 Å². The van der Waals surface area contributed by atoms with Gasteiger partial charge in [-0.15, -0.1) is 0 Å². The van der Waals surface area contributed by atoms with Crippen molar-refractivity contribution in [3.63, 3.8) is 0 Å². The third-order valence-corrected chi connectivity index (χ3v) is 3.21. The standard InChI is InChI=1S/C15H25N3O/c1-12(2)18(10-4-5-15(19)17-3)14-8-6-13(11-16)7-9-14/h6-9,12H,4-5,10-11,16H2,1-3H3,(H,17,19). The first-order valence-electron chi connectivity index (χ1n) is 6.84. The number of carbonyl (C=O) groups excluding carboxylic acids is 1. The predicted octanol–water partition coefficient (Wildman–Crippen LogP) is 1.89. The Balaban J connectivity index is 2.63. The van der Waals surface area contributed by atoms with Gasteiger partial charge in [-0.3, -0.25) is 4.79 Å². The molecule has 106 valence electrons. The van der Waals surface area contributed by atoms with E-state index in [9.17, 15) is 4.79 Å². The highest BCUT2D eigenvalue weighted by Gasteiger charge is 2.10. The van der Waals surface area contributed by atoms with Crippen LogP contribution in [-0.2, 0) is 11.3 Å². The van der Waals surface area contributed by atoms with E-state index in [0.29, 0.717) is 19.0 Å². The second-order valence-corrected chi connectivity index (χ2v) is 4.93. The molecule has 0 fully saturated rings. The van der Waals surface area contributed by atoms with E-state index in [4.69, 9.17) is 5.73 Å². The minimum absolute atomic E-state index is 0.0992. The van der Waals surface area contributed by atoms with Gasteiger partial charge in [0.2, 0.25) is 5.91 Å². The lowest BCUT2D eigenvalue weighted by molar-refractivity contribution is -0.120. The monoisotopic (exact) mass is 263 g/mol. The molecule has 19 heavy (non-hydrogen) atoms. The molecule has 0 unspecified atom stereocenters. The fraction of sp³-hybridized carbons (Fsp3) is 0.533. The lowest BCUT2D eigenvalue weighted by Gasteiger charge is -2.29. The third-order valence-electron chi connectivity index (χ3n) is 3.21. The number of anilines is 1. The van der Waals surface area contributed by atoms with Crippen LogP contribution in [0.4, 0.5) is 5.69 Å². The molecule has 0 aliphatic heterocycles. The van der Waals surface area contributed by atoms with Gasteiger partial charge in [0.15, 0.2) is 0 Å². The summed E-state index contributed by atoms with van der Waals surface area (Å²) in [5.74, 6) is 0.0992. The number of carbonyl (C=O) groups is 1. The number of nitrogens with zero attached hydrogens (tertiary/aromatic N) is 1. The van der Waals surface area contributed by atoms with Gasteiger partial charge in [-0.2, -0.15) is 0 Å². The van der Waals surface area contributed by atoms with Crippen LogP contribution in [0.25, 0.3) is 0 Å². The van der Waals surface area contributed by atoms with E-state index in [0.717, 1.165) is 18.5 Å². The number of hydrogen-bond donors (Lipinski definition) is 2. The molecule has 0 aliphatic rings. The molecular weight excluding hydrogens is 238 g/mol. The van der Waals surface area contributed by atoms with Crippen molar-refractivity contribution in [2.45, 2.75) is 39.3 Å². The fourth-order valence-corrected chi connectivity index (χ4v) is 2.04. The first-order valence-corrected chi connectivity index (χ1v) is 6.84. The van der Waals surface area contributed by atoms with Crippen molar-refractivity contribution >= 4 is 11.6 Å². The van der Waals surface area contributed by atoms with Gasteiger partial charge in [0.05, 0.1) is 0 Å². The molecule has 0 spiro atoms. The van der Waals surface area contributed by atoms with Crippen LogP contribution in [0.15, 0.2) is 24.3 Å². The molecule has 0 bridgehead atoms. The Kier molecular flexibility index (Phi) is 6.36. The summed E-state index contributed by atoms with van der Waals surface area (Å²) in [6.45, 7) is 5.78. The number of hydrogen-bond acceptors (Lipinski definition) is 3. The van der Waals surface area contributed by atoms with Gasteiger partial charge in [0.1, 0.15) is 0 Å². The van der Waals surface area contributed by atoms with Gasteiger partial charge in [0.25, 0.3) is 0 Å². The maximum atomic E-state index is 11.2. The summed E-state index contributed by atoms with van der Waals surface area (Å²) in [6, 6.07) is 8.73. The Morgan fingerprint density at radius 1 is 1.32 bits per heavy atom. The molecular formula is C15H25N3O. The van der Waals surface area contributed by atoms with E-state index >= 15 is 0 Å². The first-order chi connectivity index (χ1) is 9.08. The second kappa shape index (κ2) is 7.79. The molecule has 0 aromatic heterocycles. The normalized spacial score (nSPS) is 10.6. The molecule has 0 atom stereocenters. The lowest BCUT2D eigenvalue weighted by atomic mass is 10.1. The van der Waals surface area contributed by atoms with E-state index in [1.54, 1.807) is 7.05 Å². The number of amides is 1. The van der Waals surface area contributed by atoms with Crippen LogP contribution in [-0.4, -0.2) is 25.5 Å². The van der Waals surface area contributed by atoms with Crippen LogP contribution in [0.1, 0.15) is 32.3 Å². The average Bonchev–Trinajstić information content (AvgIpc) is 2.43. The van der Waals surface area contributed by atoms with Crippen LogP contribution in [0.5, 0.6) is 0 Å². The smallest absolute Gasteiger partial charge is 0.219 e. The molecule has 1 aromatic rings. The largest absolute Gasteiger partial charge is 0.369 e. The Labute approximate surface area is 116 Å². The van der Waals surface area contributed by atoms with Gasteiger partial charge < -0.3 is 16.0 Å². The van der Waals surface area contributed by atoms with E-state index in [1.165, 1.54) is 5.69 Å². The molecule has 0 saturated carbocycles. The molecule has 4 nitrogen and oxygen atoms in total. The minimum atomic E-state index is 0.0992. The zero-order valence-electron chi connectivity index (χ0n) is 12.1. The van der Waals surface area contributed by atoms with Crippen molar-refractivity contribution in [2.75, 3.05) is 18.5 Å². The highest BCUT2D eigenvalue weighted by atomic mass is 16.1. The van der Waals surface area contributed by atoms with Gasteiger partial charge in [-0.1, -0.05) is 12.1 Å². The van der Waals surface area contributed by atoms with Crippen molar-refractivity contribution in [3.05, 3.63) is 29.8 Å². The van der Waals surface area contributed by atoms with Crippen molar-refractivity contribution < 1.29 is 4.79 Å². The second-order valence-electron chi connectivity index (χ2n) is 4.93. The Bertz CT molecular complexity index is 387. The zero-order valence-corrected chi connectivity index (χ0v) is 12.1. The Morgan fingerprint density at radius 3 is 2.42 bits per heavy atom. The van der Waals surface area contributed by atoms with Crippen molar-refractivity contribution in [1.29, 1.82) is 0 Å². The Hall–Kier alpha value is -1.55. The molecule has 3 N–H and O–H groups in total. The van der Waals surface area contributed by atoms with Gasteiger partial charge in [-0.05, 0) is 38.0 Å². The van der Waals surface area contributed by atoms with E-state index in [2.05, 4.69) is 48.3 Å². The highest BCUT2D eigenvalue weighted by Crippen LogP contribution is 2.18. The summed E-state index contributed by atoms with van der Waals surface area (Å²) in [4.78, 5) is 13.5. The van der Waals surface area contributed by atoms with Crippen LogP contribution < -0.4 is 16.0 Å². The predicted molar refractivity (Wildman–Crippen MR) is 80.1 cm³/mol. The third kappa shape index (κ3) is 4.91. The first kappa shape index (κ1) is 15.5. The van der Waals surface area contributed by atoms with Crippen LogP contribution in [0.3, 0.4) is 0 Å². The average molecular weight is 263 g/mol. The minimum Gasteiger partial charge on any atom is -0.369 e. The number of benzene rings is 1. The molecule has 1 rings (SSSR count). The lowest BCUT2D eigenvalue weighted by Crippen LogP contribution is -2.32. The van der Waals surface area contributed by atoms with Crippen LogP contribution in [0.2, 0.25) is 0 Å². The summed E-state index contributed by atoms with van der Waals surface area (Å²) in [7, 11) is 1.67. The molecule has 0 radical (unpaired) electrons. The van der Waals surface area contributed by atoms with E-state index in [-0.39, 0.29) is 5.91 Å². The highest BCUT2D eigenvalue weighted by molar-refractivity contribution is 5.75. The molecule has 0 aliphatic carbocycles. The topological polar surface area (TPSA) is 58.4 Å². The van der Waals surface area contributed by atoms with Crippen molar-refractivity contribution in [2.24, 2.45) is 5.73 Å². The quantitative estimate of drug-likeness (QED) is 0.790. The fourth-order valence-electron chi connectivity index (χ4n) is 2.04. The van der Waals surface area contributed by atoms with Crippen molar-refractivity contribution in [1.82, 2.24) is 5.32 Å². The van der Waals surface area contributed by atoms with Gasteiger partial charge >= 0.3 is 0 Å². The molecule has 0 saturated heterocycles. The van der Waals surface area contributed by atoms with Gasteiger partial charge in [0, 0.05) is 38.3 Å². The zero-order chi connectivity index (χ0) is 14.3. The molecule has 4 heteroatoms. The summed E-state index contributed by atoms with van der Waals surface area (Å²) >= 11 is 0.